The van der Waals surface area contributed by atoms with Crippen molar-refractivity contribution >= 4 is 22.8 Å². The van der Waals surface area contributed by atoms with Crippen molar-refractivity contribution in [2.24, 2.45) is 4.99 Å². The van der Waals surface area contributed by atoms with Crippen LogP contribution < -0.4 is 0 Å². The number of hydrogen-bond acceptors (Lipinski definition) is 4. The summed E-state index contributed by atoms with van der Waals surface area (Å²) in [5, 5.41) is 0.803. The average Bonchev–Trinajstić information content (AvgIpc) is 3.11. The number of carbonyl (C=O) groups excluding carboxylic acids is 1. The highest BCUT2D eigenvalue weighted by Crippen LogP contribution is 2.28. The first-order valence-electron chi connectivity index (χ1n) is 9.37. The molecular formula is C23H21N3OS. The van der Waals surface area contributed by atoms with E-state index in [0.29, 0.717) is 4.91 Å². The minimum absolute atomic E-state index is 0.186. The number of benzene rings is 2. The topological polar surface area (TPSA) is 35.9 Å². The van der Waals surface area contributed by atoms with E-state index in [1.54, 1.807) is 6.08 Å². The van der Waals surface area contributed by atoms with Gasteiger partial charge >= 0.3 is 0 Å². The molecule has 1 saturated heterocycles. The van der Waals surface area contributed by atoms with Gasteiger partial charge in [0.15, 0.2) is 5.17 Å². The predicted molar refractivity (Wildman–Crippen MR) is 115 cm³/mol. The standard InChI is InChI=1S/C23H21N3OS/c27-22-21(13-7-12-19-8-3-1-4-9-19)28-23(24-22)26-16-14-25(15-17-26)18-20-10-5-2-6-11-20/h1-6,8-11,13H,14-18H2/b21-13+. The molecule has 140 valence electrons. The second-order valence-electron chi connectivity index (χ2n) is 6.69. The van der Waals surface area contributed by atoms with Crippen LogP contribution in [0.1, 0.15) is 11.1 Å². The van der Waals surface area contributed by atoms with Crippen LogP contribution in [0.2, 0.25) is 0 Å². The number of piperazine rings is 1. The minimum Gasteiger partial charge on any atom is -0.348 e. The molecule has 0 atom stereocenters. The molecule has 1 amide bonds. The van der Waals surface area contributed by atoms with Gasteiger partial charge in [0.2, 0.25) is 0 Å². The molecule has 2 aliphatic heterocycles. The third-order valence-corrected chi connectivity index (χ3v) is 5.74. The molecule has 2 aliphatic rings. The number of aliphatic imine (C=N–C) groups is 1. The van der Waals surface area contributed by atoms with E-state index in [0.717, 1.165) is 43.5 Å². The molecule has 1 fully saturated rings. The monoisotopic (exact) mass is 387 g/mol. The summed E-state index contributed by atoms with van der Waals surface area (Å²) in [7, 11) is 0. The van der Waals surface area contributed by atoms with Gasteiger partial charge < -0.3 is 4.90 Å². The van der Waals surface area contributed by atoms with Crippen LogP contribution in [0, 0.1) is 11.8 Å². The summed E-state index contributed by atoms with van der Waals surface area (Å²) in [6.45, 7) is 4.67. The third kappa shape index (κ3) is 4.72. The lowest BCUT2D eigenvalue weighted by atomic mass is 10.2. The number of allylic oxidation sites excluding steroid dienone is 1. The van der Waals surface area contributed by atoms with Crippen molar-refractivity contribution < 1.29 is 4.79 Å². The predicted octanol–water partition coefficient (Wildman–Crippen LogP) is 3.37. The fourth-order valence-electron chi connectivity index (χ4n) is 3.18. The van der Waals surface area contributed by atoms with Crippen LogP contribution in [-0.2, 0) is 11.3 Å². The summed E-state index contributed by atoms with van der Waals surface area (Å²) in [5.41, 5.74) is 2.27. The van der Waals surface area contributed by atoms with Gasteiger partial charge in [0.1, 0.15) is 0 Å². The lowest BCUT2D eigenvalue weighted by Gasteiger charge is -2.35. The molecule has 0 spiro atoms. The Kier molecular flexibility index (Phi) is 5.91. The molecule has 0 saturated carbocycles. The Hall–Kier alpha value is -2.81. The highest BCUT2D eigenvalue weighted by atomic mass is 32.2. The van der Waals surface area contributed by atoms with Crippen molar-refractivity contribution in [3.63, 3.8) is 0 Å². The fourth-order valence-corrected chi connectivity index (χ4v) is 4.07. The zero-order valence-corrected chi connectivity index (χ0v) is 16.4. The van der Waals surface area contributed by atoms with Crippen molar-refractivity contribution in [2.45, 2.75) is 6.54 Å². The van der Waals surface area contributed by atoms with Gasteiger partial charge in [-0.3, -0.25) is 9.69 Å². The zero-order valence-electron chi connectivity index (χ0n) is 15.5. The summed E-state index contributed by atoms with van der Waals surface area (Å²) in [5.74, 6) is 5.84. The lowest BCUT2D eigenvalue weighted by Crippen LogP contribution is -2.47. The molecule has 2 aromatic rings. The molecule has 0 aliphatic carbocycles. The Morgan fingerprint density at radius 2 is 1.64 bits per heavy atom. The van der Waals surface area contributed by atoms with Gasteiger partial charge in [-0.25, -0.2) is 0 Å². The van der Waals surface area contributed by atoms with E-state index in [1.165, 1.54) is 17.3 Å². The molecule has 2 heterocycles. The molecule has 2 aromatic carbocycles. The van der Waals surface area contributed by atoms with Crippen molar-refractivity contribution in [1.29, 1.82) is 0 Å². The maximum absolute atomic E-state index is 12.2. The molecule has 0 N–H and O–H groups in total. The molecule has 4 rings (SSSR count). The first-order chi connectivity index (χ1) is 13.8. The van der Waals surface area contributed by atoms with E-state index in [-0.39, 0.29) is 5.91 Å². The SMILES string of the molecule is O=C1N=C(N2CCN(Cc3ccccc3)CC2)S/C1=C/C#Cc1ccccc1. The number of hydrogen-bond donors (Lipinski definition) is 0. The number of amides is 1. The van der Waals surface area contributed by atoms with Gasteiger partial charge in [-0.15, -0.1) is 0 Å². The summed E-state index contributed by atoms with van der Waals surface area (Å²) >= 11 is 1.43. The third-order valence-electron chi connectivity index (χ3n) is 4.69. The van der Waals surface area contributed by atoms with E-state index < -0.39 is 0 Å². The maximum atomic E-state index is 12.2. The van der Waals surface area contributed by atoms with Crippen LogP contribution in [0.3, 0.4) is 0 Å². The highest BCUT2D eigenvalue weighted by Gasteiger charge is 2.28. The van der Waals surface area contributed by atoms with Crippen LogP contribution in [0.4, 0.5) is 0 Å². The molecular weight excluding hydrogens is 366 g/mol. The van der Waals surface area contributed by atoms with E-state index >= 15 is 0 Å². The molecule has 0 radical (unpaired) electrons. The first kappa shape index (κ1) is 18.5. The smallest absolute Gasteiger partial charge is 0.286 e. The van der Waals surface area contributed by atoms with Gasteiger partial charge in [0, 0.05) is 44.4 Å². The largest absolute Gasteiger partial charge is 0.348 e. The van der Waals surface area contributed by atoms with Gasteiger partial charge in [0.25, 0.3) is 5.91 Å². The van der Waals surface area contributed by atoms with Crippen LogP contribution in [0.5, 0.6) is 0 Å². The Balaban J connectivity index is 1.31. The number of rotatable bonds is 2. The van der Waals surface area contributed by atoms with Crippen LogP contribution in [0.15, 0.2) is 76.6 Å². The van der Waals surface area contributed by atoms with Gasteiger partial charge in [-0.05, 0) is 29.5 Å². The zero-order chi connectivity index (χ0) is 19.2. The second-order valence-corrected chi connectivity index (χ2v) is 7.70. The Morgan fingerprint density at radius 1 is 0.964 bits per heavy atom. The molecule has 28 heavy (non-hydrogen) atoms. The summed E-state index contributed by atoms with van der Waals surface area (Å²) < 4.78 is 0. The van der Waals surface area contributed by atoms with Gasteiger partial charge in [-0.1, -0.05) is 60.4 Å². The molecule has 0 unspecified atom stereocenters. The Labute approximate surface area is 170 Å². The summed E-state index contributed by atoms with van der Waals surface area (Å²) in [6, 6.07) is 20.3. The quantitative estimate of drug-likeness (QED) is 0.585. The number of amidine groups is 1. The van der Waals surface area contributed by atoms with E-state index in [9.17, 15) is 4.79 Å². The summed E-state index contributed by atoms with van der Waals surface area (Å²) in [6.07, 6.45) is 1.68. The summed E-state index contributed by atoms with van der Waals surface area (Å²) in [4.78, 5) is 21.7. The number of thioether (sulfide) groups is 1. The van der Waals surface area contributed by atoms with Crippen LogP contribution in [0.25, 0.3) is 0 Å². The van der Waals surface area contributed by atoms with E-state index in [2.05, 4.69) is 50.9 Å². The second kappa shape index (κ2) is 8.92. The van der Waals surface area contributed by atoms with Crippen molar-refractivity contribution in [2.75, 3.05) is 26.2 Å². The van der Waals surface area contributed by atoms with Crippen molar-refractivity contribution in [3.8, 4) is 11.8 Å². The molecule has 4 nitrogen and oxygen atoms in total. The van der Waals surface area contributed by atoms with Crippen molar-refractivity contribution in [1.82, 2.24) is 9.80 Å². The van der Waals surface area contributed by atoms with Gasteiger partial charge in [-0.2, -0.15) is 4.99 Å². The molecule has 5 heteroatoms. The van der Waals surface area contributed by atoms with Gasteiger partial charge in [0.05, 0.1) is 4.91 Å². The average molecular weight is 388 g/mol. The fraction of sp³-hybridized carbons (Fsp3) is 0.217. The van der Waals surface area contributed by atoms with E-state index in [4.69, 9.17) is 0 Å². The lowest BCUT2D eigenvalue weighted by molar-refractivity contribution is -0.113. The van der Waals surface area contributed by atoms with Crippen LogP contribution >= 0.6 is 11.8 Å². The Morgan fingerprint density at radius 3 is 2.36 bits per heavy atom. The Bertz CT molecular complexity index is 950. The maximum Gasteiger partial charge on any atom is 0.286 e. The van der Waals surface area contributed by atoms with Crippen LogP contribution in [-0.4, -0.2) is 47.1 Å². The molecule has 0 aromatic heterocycles. The number of carbonyl (C=O) groups is 1. The minimum atomic E-state index is -0.186. The first-order valence-corrected chi connectivity index (χ1v) is 10.2. The normalized spacial score (nSPS) is 18.7. The highest BCUT2D eigenvalue weighted by molar-refractivity contribution is 8.18. The molecule has 0 bridgehead atoms. The van der Waals surface area contributed by atoms with Crippen molar-refractivity contribution in [3.05, 3.63) is 82.8 Å². The number of nitrogens with zero attached hydrogens (tertiary/aromatic N) is 3. The van der Waals surface area contributed by atoms with E-state index in [1.807, 2.05) is 36.4 Å².